The highest BCUT2D eigenvalue weighted by Crippen LogP contribution is 2.24. The minimum absolute atomic E-state index is 0.110. The maximum atomic E-state index is 12.0. The molecule has 110 valence electrons. The predicted octanol–water partition coefficient (Wildman–Crippen LogP) is 1.41. The number of alkyl halides is 3. The molecule has 0 aliphatic carbocycles. The van der Waals surface area contributed by atoms with E-state index in [1.54, 1.807) is 14.1 Å². The second-order valence-corrected chi connectivity index (χ2v) is 3.88. The molecule has 0 aliphatic heterocycles. The van der Waals surface area contributed by atoms with Crippen LogP contribution in [0.4, 0.5) is 18.9 Å². The van der Waals surface area contributed by atoms with Crippen LogP contribution in [-0.2, 0) is 0 Å². The lowest BCUT2D eigenvalue weighted by atomic mass is 10.3. The molecule has 0 aromatic heterocycles. The number of rotatable bonds is 2. The second kappa shape index (κ2) is 6.13. The first-order valence-corrected chi connectivity index (χ1v) is 5.39. The number of hydrogen-bond donors (Lipinski definition) is 2. The summed E-state index contributed by atoms with van der Waals surface area (Å²) >= 11 is 0. The van der Waals surface area contributed by atoms with Crippen molar-refractivity contribution in [3.05, 3.63) is 24.3 Å². The Balaban J connectivity index is 2.82. The topological polar surface area (TPSA) is 89.2 Å². The molecule has 1 aromatic rings. The van der Waals surface area contributed by atoms with E-state index in [0.29, 0.717) is 5.69 Å². The summed E-state index contributed by atoms with van der Waals surface area (Å²) in [4.78, 5) is 9.20. The number of nitrogens with two attached hydrogens (primary N) is 2. The van der Waals surface area contributed by atoms with Gasteiger partial charge in [-0.2, -0.15) is 4.99 Å². The molecular formula is C11H14F3N5O. The van der Waals surface area contributed by atoms with Gasteiger partial charge >= 0.3 is 6.36 Å². The highest BCUT2D eigenvalue weighted by molar-refractivity contribution is 5.94. The van der Waals surface area contributed by atoms with Gasteiger partial charge < -0.3 is 21.1 Å². The number of benzene rings is 1. The minimum Gasteiger partial charge on any atom is -0.406 e. The molecule has 0 spiro atoms. The van der Waals surface area contributed by atoms with Gasteiger partial charge in [0.05, 0.1) is 5.69 Å². The second-order valence-electron chi connectivity index (χ2n) is 3.88. The number of guanidine groups is 2. The van der Waals surface area contributed by atoms with Crippen LogP contribution in [0.2, 0.25) is 0 Å². The van der Waals surface area contributed by atoms with Crippen molar-refractivity contribution in [3.63, 3.8) is 0 Å². The lowest BCUT2D eigenvalue weighted by Gasteiger charge is -2.10. The predicted molar refractivity (Wildman–Crippen MR) is 69.7 cm³/mol. The van der Waals surface area contributed by atoms with E-state index < -0.39 is 6.36 Å². The molecule has 4 N–H and O–H groups in total. The lowest BCUT2D eigenvalue weighted by molar-refractivity contribution is -0.274. The molecule has 0 heterocycles. The van der Waals surface area contributed by atoms with E-state index in [4.69, 9.17) is 11.5 Å². The molecule has 0 aliphatic rings. The maximum Gasteiger partial charge on any atom is 0.573 e. The normalized spacial score (nSPS) is 13.2. The Morgan fingerprint density at radius 1 is 1.15 bits per heavy atom. The van der Waals surface area contributed by atoms with E-state index in [1.807, 2.05) is 0 Å². The van der Waals surface area contributed by atoms with Crippen LogP contribution in [-0.4, -0.2) is 37.3 Å². The van der Waals surface area contributed by atoms with E-state index in [9.17, 15) is 13.2 Å². The molecule has 20 heavy (non-hydrogen) atoms. The third-order valence-electron chi connectivity index (χ3n) is 2.00. The number of hydrogen-bond acceptors (Lipinski definition) is 2. The van der Waals surface area contributed by atoms with Gasteiger partial charge in [-0.15, -0.1) is 13.2 Å². The molecule has 0 unspecified atom stereocenters. The average Bonchev–Trinajstić information content (AvgIpc) is 2.29. The molecule has 0 atom stereocenters. The molecule has 0 fully saturated rings. The van der Waals surface area contributed by atoms with Crippen molar-refractivity contribution in [2.24, 2.45) is 21.5 Å². The fourth-order valence-electron chi connectivity index (χ4n) is 1.10. The van der Waals surface area contributed by atoms with Crippen LogP contribution in [0.5, 0.6) is 5.75 Å². The zero-order valence-electron chi connectivity index (χ0n) is 10.8. The standard InChI is InChI=1S/C11H14F3N5O/c1-19(2)10(16)18-9(15)17-7-3-5-8(6-4-7)20-11(12,13)14/h3-6H,1-2H3,(H4,15,16,17,18). The van der Waals surface area contributed by atoms with Crippen molar-refractivity contribution in [2.45, 2.75) is 6.36 Å². The summed E-state index contributed by atoms with van der Waals surface area (Å²) in [5.74, 6) is -0.296. The average molecular weight is 289 g/mol. The van der Waals surface area contributed by atoms with Gasteiger partial charge in [-0.25, -0.2) is 4.99 Å². The van der Waals surface area contributed by atoms with Crippen LogP contribution >= 0.6 is 0 Å². The van der Waals surface area contributed by atoms with Gasteiger partial charge in [-0.1, -0.05) is 0 Å². The highest BCUT2D eigenvalue weighted by Gasteiger charge is 2.30. The summed E-state index contributed by atoms with van der Waals surface area (Å²) in [7, 11) is 3.35. The number of halogens is 3. The van der Waals surface area contributed by atoms with Crippen molar-refractivity contribution < 1.29 is 17.9 Å². The fourth-order valence-corrected chi connectivity index (χ4v) is 1.10. The van der Waals surface area contributed by atoms with E-state index in [1.165, 1.54) is 17.0 Å². The summed E-state index contributed by atoms with van der Waals surface area (Å²) in [5, 5.41) is 0. The highest BCUT2D eigenvalue weighted by atomic mass is 19.4. The Kier molecular flexibility index (Phi) is 4.78. The summed E-state index contributed by atoms with van der Waals surface area (Å²) < 4.78 is 39.6. The van der Waals surface area contributed by atoms with Crippen LogP contribution < -0.4 is 16.2 Å². The quantitative estimate of drug-likeness (QED) is 0.636. The Hall–Kier alpha value is -2.45. The summed E-state index contributed by atoms with van der Waals surface area (Å²) in [6.45, 7) is 0. The van der Waals surface area contributed by atoms with Gasteiger partial charge in [0.15, 0.2) is 5.96 Å². The molecule has 0 saturated carbocycles. The van der Waals surface area contributed by atoms with Crippen LogP contribution in [0.1, 0.15) is 0 Å². The summed E-state index contributed by atoms with van der Waals surface area (Å²) in [6, 6.07) is 4.88. The molecule has 0 amide bonds. The zero-order valence-corrected chi connectivity index (χ0v) is 10.8. The van der Waals surface area contributed by atoms with Crippen LogP contribution in [0.15, 0.2) is 34.3 Å². The monoisotopic (exact) mass is 289 g/mol. The smallest absolute Gasteiger partial charge is 0.406 e. The molecule has 0 saturated heterocycles. The Morgan fingerprint density at radius 2 is 1.70 bits per heavy atom. The van der Waals surface area contributed by atoms with E-state index in [2.05, 4.69) is 14.7 Å². The Morgan fingerprint density at radius 3 is 2.15 bits per heavy atom. The Labute approximate surface area is 113 Å². The Bertz CT molecular complexity index is 508. The van der Waals surface area contributed by atoms with Crippen molar-refractivity contribution in [3.8, 4) is 5.75 Å². The zero-order chi connectivity index (χ0) is 15.3. The summed E-state index contributed by atoms with van der Waals surface area (Å²) in [5.41, 5.74) is 11.4. The van der Waals surface area contributed by atoms with Crippen LogP contribution in [0, 0.1) is 0 Å². The number of ether oxygens (including phenoxy) is 1. The van der Waals surface area contributed by atoms with Gasteiger partial charge in [-0.05, 0) is 24.3 Å². The molecule has 0 bridgehead atoms. The van der Waals surface area contributed by atoms with E-state index in [0.717, 1.165) is 12.1 Å². The van der Waals surface area contributed by atoms with E-state index in [-0.39, 0.29) is 17.7 Å². The van der Waals surface area contributed by atoms with Crippen LogP contribution in [0.3, 0.4) is 0 Å². The molecule has 9 heteroatoms. The summed E-state index contributed by atoms with van der Waals surface area (Å²) in [6.07, 6.45) is -4.73. The van der Waals surface area contributed by atoms with Gasteiger partial charge in [0, 0.05) is 14.1 Å². The van der Waals surface area contributed by atoms with Crippen molar-refractivity contribution >= 4 is 17.6 Å². The van der Waals surface area contributed by atoms with Crippen molar-refractivity contribution in [1.29, 1.82) is 0 Å². The first-order valence-electron chi connectivity index (χ1n) is 5.39. The van der Waals surface area contributed by atoms with Crippen LogP contribution in [0.25, 0.3) is 0 Å². The molecule has 0 radical (unpaired) electrons. The van der Waals surface area contributed by atoms with Crippen molar-refractivity contribution in [1.82, 2.24) is 4.90 Å². The molecule has 1 aromatic carbocycles. The third kappa shape index (κ3) is 5.46. The van der Waals surface area contributed by atoms with E-state index >= 15 is 0 Å². The first kappa shape index (κ1) is 15.6. The third-order valence-corrected chi connectivity index (χ3v) is 2.00. The van der Waals surface area contributed by atoms with Crippen molar-refractivity contribution in [2.75, 3.05) is 14.1 Å². The minimum atomic E-state index is -4.73. The van der Waals surface area contributed by atoms with Gasteiger partial charge in [0.25, 0.3) is 0 Å². The van der Waals surface area contributed by atoms with Gasteiger partial charge in [0.1, 0.15) is 5.75 Å². The maximum absolute atomic E-state index is 12.0. The van der Waals surface area contributed by atoms with Gasteiger partial charge in [-0.3, -0.25) is 0 Å². The largest absolute Gasteiger partial charge is 0.573 e. The molecule has 6 nitrogen and oxygen atoms in total. The SMILES string of the molecule is CN(C)/C(N)=N/C(N)=Nc1ccc(OC(F)(F)F)cc1. The van der Waals surface area contributed by atoms with Gasteiger partial charge in [0.2, 0.25) is 5.96 Å². The molecule has 1 rings (SSSR count). The fraction of sp³-hybridized carbons (Fsp3) is 0.273. The number of nitrogens with zero attached hydrogens (tertiary/aromatic N) is 3. The first-order chi connectivity index (χ1) is 9.17. The molecular weight excluding hydrogens is 275 g/mol. The lowest BCUT2D eigenvalue weighted by Crippen LogP contribution is -2.32. The number of aliphatic imine (C=N–C) groups is 2.